The summed E-state index contributed by atoms with van der Waals surface area (Å²) in [4.78, 5) is 11.2. The minimum atomic E-state index is -0.610. The highest BCUT2D eigenvalue weighted by molar-refractivity contribution is 5.92. The van der Waals surface area contributed by atoms with Gasteiger partial charge in [-0.15, -0.1) is 0 Å². The summed E-state index contributed by atoms with van der Waals surface area (Å²) in [6.45, 7) is 1.60. The zero-order valence-electron chi connectivity index (χ0n) is 8.26. The highest BCUT2D eigenvalue weighted by Crippen LogP contribution is 2.25. The van der Waals surface area contributed by atoms with Crippen LogP contribution in [0.5, 0.6) is 5.75 Å². The lowest BCUT2D eigenvalue weighted by Crippen LogP contribution is -2.06. The zero-order valence-corrected chi connectivity index (χ0v) is 8.26. The molecule has 0 aromatic heterocycles. The Morgan fingerprint density at radius 1 is 1.36 bits per heavy atom. The van der Waals surface area contributed by atoms with Crippen molar-refractivity contribution in [2.75, 3.05) is 14.2 Å². The maximum atomic E-state index is 13.4. The van der Waals surface area contributed by atoms with Gasteiger partial charge in [-0.25, -0.2) is 9.18 Å². The molecule has 1 rings (SSSR count). The Balaban J connectivity index is 3.31. The van der Waals surface area contributed by atoms with Gasteiger partial charge in [-0.2, -0.15) is 0 Å². The van der Waals surface area contributed by atoms with E-state index in [1.807, 2.05) is 0 Å². The number of carbonyl (C=O) groups is 1. The van der Waals surface area contributed by atoms with Crippen molar-refractivity contribution in [1.29, 1.82) is 0 Å². The van der Waals surface area contributed by atoms with Crippen molar-refractivity contribution < 1.29 is 18.7 Å². The topological polar surface area (TPSA) is 35.5 Å². The average molecular weight is 198 g/mol. The lowest BCUT2D eigenvalue weighted by Gasteiger charge is -2.08. The second-order valence-electron chi connectivity index (χ2n) is 2.77. The fourth-order valence-corrected chi connectivity index (χ4v) is 1.12. The molecular weight excluding hydrogens is 187 g/mol. The molecule has 4 heteroatoms. The highest BCUT2D eigenvalue weighted by atomic mass is 19.1. The van der Waals surface area contributed by atoms with Gasteiger partial charge in [-0.3, -0.25) is 0 Å². The summed E-state index contributed by atoms with van der Waals surface area (Å²) in [6, 6.07) is 2.98. The minimum Gasteiger partial charge on any atom is -0.493 e. The third kappa shape index (κ3) is 1.69. The number of benzene rings is 1. The SMILES string of the molecule is COC(=O)c1ccc(C)c(F)c1OC. The van der Waals surface area contributed by atoms with Crippen LogP contribution >= 0.6 is 0 Å². The molecule has 0 amide bonds. The first-order valence-electron chi connectivity index (χ1n) is 4.03. The summed E-state index contributed by atoms with van der Waals surface area (Å²) in [5, 5.41) is 0. The third-order valence-electron chi connectivity index (χ3n) is 1.90. The van der Waals surface area contributed by atoms with Gasteiger partial charge in [0.15, 0.2) is 11.6 Å². The predicted molar refractivity (Wildman–Crippen MR) is 49.0 cm³/mol. The molecule has 0 saturated carbocycles. The monoisotopic (exact) mass is 198 g/mol. The molecule has 3 nitrogen and oxygen atoms in total. The van der Waals surface area contributed by atoms with E-state index in [2.05, 4.69) is 4.74 Å². The van der Waals surface area contributed by atoms with Gasteiger partial charge in [-0.05, 0) is 18.6 Å². The van der Waals surface area contributed by atoms with Crippen LogP contribution in [0.15, 0.2) is 12.1 Å². The number of esters is 1. The van der Waals surface area contributed by atoms with Crippen molar-refractivity contribution in [2.24, 2.45) is 0 Å². The first-order chi connectivity index (χ1) is 6.61. The molecule has 0 saturated heterocycles. The molecule has 0 atom stereocenters. The average Bonchev–Trinajstić information content (AvgIpc) is 2.20. The Bertz CT molecular complexity index is 361. The van der Waals surface area contributed by atoms with E-state index in [1.54, 1.807) is 6.92 Å². The van der Waals surface area contributed by atoms with Crippen molar-refractivity contribution in [2.45, 2.75) is 6.92 Å². The fraction of sp³-hybridized carbons (Fsp3) is 0.300. The zero-order chi connectivity index (χ0) is 10.7. The van der Waals surface area contributed by atoms with Gasteiger partial charge in [0.1, 0.15) is 5.56 Å². The molecule has 0 radical (unpaired) electrons. The van der Waals surface area contributed by atoms with E-state index >= 15 is 0 Å². The number of halogens is 1. The number of aryl methyl sites for hydroxylation is 1. The Kier molecular flexibility index (Phi) is 3.06. The Hall–Kier alpha value is -1.58. The molecule has 1 aromatic rings. The van der Waals surface area contributed by atoms with E-state index in [-0.39, 0.29) is 11.3 Å². The molecule has 0 fully saturated rings. The molecule has 1 aromatic carbocycles. The molecule has 0 bridgehead atoms. The van der Waals surface area contributed by atoms with Crippen molar-refractivity contribution in [3.63, 3.8) is 0 Å². The molecule has 0 spiro atoms. The van der Waals surface area contributed by atoms with Gasteiger partial charge in [0, 0.05) is 0 Å². The summed E-state index contributed by atoms with van der Waals surface area (Å²) in [5.41, 5.74) is 0.521. The van der Waals surface area contributed by atoms with Gasteiger partial charge in [0.05, 0.1) is 14.2 Å². The molecule has 0 unspecified atom stereocenters. The predicted octanol–water partition coefficient (Wildman–Crippen LogP) is 1.93. The van der Waals surface area contributed by atoms with Gasteiger partial charge in [0.25, 0.3) is 0 Å². The lowest BCUT2D eigenvalue weighted by atomic mass is 10.1. The van der Waals surface area contributed by atoms with Crippen LogP contribution in [0.2, 0.25) is 0 Å². The van der Waals surface area contributed by atoms with Crippen LogP contribution in [0.1, 0.15) is 15.9 Å². The molecule has 0 aliphatic carbocycles. The van der Waals surface area contributed by atoms with Crippen molar-refractivity contribution >= 4 is 5.97 Å². The standard InChI is InChI=1S/C10H11FO3/c1-6-4-5-7(10(12)14-3)9(13-2)8(6)11/h4-5H,1-3H3. The van der Waals surface area contributed by atoms with Crippen LogP contribution in [-0.4, -0.2) is 20.2 Å². The number of carbonyl (C=O) groups excluding carboxylic acids is 1. The van der Waals surface area contributed by atoms with E-state index in [0.717, 1.165) is 0 Å². The second-order valence-corrected chi connectivity index (χ2v) is 2.77. The first kappa shape index (κ1) is 10.5. The minimum absolute atomic E-state index is 0.0724. The van der Waals surface area contributed by atoms with Gasteiger partial charge in [-0.1, -0.05) is 6.07 Å². The van der Waals surface area contributed by atoms with Gasteiger partial charge >= 0.3 is 5.97 Å². The molecule has 76 valence electrons. The second kappa shape index (κ2) is 4.09. The molecular formula is C10H11FO3. The van der Waals surface area contributed by atoms with E-state index in [4.69, 9.17) is 4.74 Å². The Morgan fingerprint density at radius 3 is 2.50 bits per heavy atom. The van der Waals surface area contributed by atoms with Crippen LogP contribution < -0.4 is 4.74 Å². The van der Waals surface area contributed by atoms with E-state index in [1.165, 1.54) is 26.4 Å². The quantitative estimate of drug-likeness (QED) is 0.681. The molecule has 0 heterocycles. The number of hydrogen-bond acceptors (Lipinski definition) is 3. The summed E-state index contributed by atoms with van der Waals surface area (Å²) in [5.74, 6) is -1.21. The number of methoxy groups -OCH3 is 2. The molecule has 0 aliphatic heterocycles. The lowest BCUT2D eigenvalue weighted by molar-refractivity contribution is 0.0596. The largest absolute Gasteiger partial charge is 0.493 e. The van der Waals surface area contributed by atoms with Crippen LogP contribution in [-0.2, 0) is 4.74 Å². The van der Waals surface area contributed by atoms with Crippen molar-refractivity contribution in [1.82, 2.24) is 0 Å². The smallest absolute Gasteiger partial charge is 0.341 e. The maximum absolute atomic E-state index is 13.4. The number of hydrogen-bond donors (Lipinski definition) is 0. The molecule has 0 N–H and O–H groups in total. The Morgan fingerprint density at radius 2 is 2.00 bits per heavy atom. The highest BCUT2D eigenvalue weighted by Gasteiger charge is 2.17. The summed E-state index contributed by atoms with van der Waals surface area (Å²) in [7, 11) is 2.55. The summed E-state index contributed by atoms with van der Waals surface area (Å²) in [6.07, 6.45) is 0. The first-order valence-corrected chi connectivity index (χ1v) is 4.03. The molecule has 0 aliphatic rings. The number of ether oxygens (including phenoxy) is 2. The Labute approximate surface area is 81.4 Å². The van der Waals surface area contributed by atoms with Crippen LogP contribution in [0.3, 0.4) is 0 Å². The van der Waals surface area contributed by atoms with E-state index < -0.39 is 11.8 Å². The normalized spacial score (nSPS) is 9.71. The summed E-state index contributed by atoms with van der Waals surface area (Å²) < 4.78 is 22.7. The van der Waals surface area contributed by atoms with Crippen LogP contribution in [0, 0.1) is 12.7 Å². The van der Waals surface area contributed by atoms with Crippen molar-refractivity contribution in [3.05, 3.63) is 29.1 Å². The maximum Gasteiger partial charge on any atom is 0.341 e. The van der Waals surface area contributed by atoms with E-state index in [9.17, 15) is 9.18 Å². The van der Waals surface area contributed by atoms with Crippen LogP contribution in [0.25, 0.3) is 0 Å². The van der Waals surface area contributed by atoms with Crippen LogP contribution in [0.4, 0.5) is 4.39 Å². The fourth-order valence-electron chi connectivity index (χ4n) is 1.12. The van der Waals surface area contributed by atoms with Gasteiger partial charge < -0.3 is 9.47 Å². The molecule has 14 heavy (non-hydrogen) atoms. The van der Waals surface area contributed by atoms with Crippen molar-refractivity contribution in [3.8, 4) is 5.75 Å². The van der Waals surface area contributed by atoms with Gasteiger partial charge in [0.2, 0.25) is 0 Å². The number of rotatable bonds is 2. The third-order valence-corrected chi connectivity index (χ3v) is 1.90. The summed E-state index contributed by atoms with van der Waals surface area (Å²) >= 11 is 0. The van der Waals surface area contributed by atoms with E-state index in [0.29, 0.717) is 5.56 Å².